The average molecular weight is 284 g/mol. The molecule has 0 bridgehead atoms. The largest absolute Gasteiger partial charge is 0.383 e. The standard InChI is InChI=1S/C13H18ClN3O2/c1-19-7-6-17(10-3-4-10)13(18)11-8-9(14)2-5-12(11)16-15/h2,5,8,10,16H,3-4,6-7,15H2,1H3. The van der Waals surface area contributed by atoms with Crippen molar-refractivity contribution in [2.45, 2.75) is 18.9 Å². The molecule has 19 heavy (non-hydrogen) atoms. The molecule has 104 valence electrons. The number of nitrogen functional groups attached to an aromatic ring is 1. The van der Waals surface area contributed by atoms with Gasteiger partial charge < -0.3 is 15.1 Å². The Kier molecular flexibility index (Phi) is 4.63. The summed E-state index contributed by atoms with van der Waals surface area (Å²) in [6.45, 7) is 1.10. The third-order valence-electron chi connectivity index (χ3n) is 3.15. The minimum absolute atomic E-state index is 0.0602. The zero-order valence-corrected chi connectivity index (χ0v) is 11.6. The van der Waals surface area contributed by atoms with E-state index in [1.165, 1.54) is 0 Å². The first kappa shape index (κ1) is 14.1. The minimum Gasteiger partial charge on any atom is -0.383 e. The Morgan fingerprint density at radius 1 is 1.58 bits per heavy atom. The molecule has 0 saturated heterocycles. The third-order valence-corrected chi connectivity index (χ3v) is 3.39. The smallest absolute Gasteiger partial charge is 0.256 e. The van der Waals surface area contributed by atoms with Crippen molar-refractivity contribution in [1.29, 1.82) is 0 Å². The van der Waals surface area contributed by atoms with Crippen LogP contribution in [-0.4, -0.2) is 37.1 Å². The molecule has 1 aliphatic carbocycles. The third kappa shape index (κ3) is 3.37. The summed E-state index contributed by atoms with van der Waals surface area (Å²) in [5, 5.41) is 0.518. The number of nitrogens with zero attached hydrogens (tertiary/aromatic N) is 1. The number of ether oxygens (including phenoxy) is 1. The number of methoxy groups -OCH3 is 1. The molecule has 3 N–H and O–H groups in total. The number of nitrogens with one attached hydrogen (secondary N) is 1. The van der Waals surface area contributed by atoms with E-state index in [4.69, 9.17) is 22.2 Å². The molecule has 0 aliphatic heterocycles. The summed E-state index contributed by atoms with van der Waals surface area (Å²) in [5.41, 5.74) is 3.62. The topological polar surface area (TPSA) is 67.6 Å². The average Bonchev–Trinajstić information content (AvgIpc) is 3.23. The number of halogens is 1. The maximum absolute atomic E-state index is 12.6. The maximum Gasteiger partial charge on any atom is 0.256 e. The Bertz CT molecular complexity index is 463. The first-order valence-electron chi connectivity index (χ1n) is 6.23. The van der Waals surface area contributed by atoms with Crippen molar-refractivity contribution in [2.75, 3.05) is 25.7 Å². The molecule has 0 radical (unpaired) electrons. The van der Waals surface area contributed by atoms with E-state index in [0.717, 1.165) is 12.8 Å². The second-order valence-electron chi connectivity index (χ2n) is 4.56. The van der Waals surface area contributed by atoms with Crippen LogP contribution in [0.2, 0.25) is 5.02 Å². The molecular formula is C13H18ClN3O2. The van der Waals surface area contributed by atoms with Gasteiger partial charge >= 0.3 is 0 Å². The highest BCUT2D eigenvalue weighted by atomic mass is 35.5. The monoisotopic (exact) mass is 283 g/mol. The van der Waals surface area contributed by atoms with Crippen LogP contribution in [0.3, 0.4) is 0 Å². The highest BCUT2D eigenvalue weighted by molar-refractivity contribution is 6.31. The molecular weight excluding hydrogens is 266 g/mol. The first-order valence-corrected chi connectivity index (χ1v) is 6.61. The highest BCUT2D eigenvalue weighted by Crippen LogP contribution is 2.30. The van der Waals surface area contributed by atoms with Crippen molar-refractivity contribution < 1.29 is 9.53 Å². The van der Waals surface area contributed by atoms with Crippen molar-refractivity contribution in [3.8, 4) is 0 Å². The van der Waals surface area contributed by atoms with E-state index in [1.54, 1.807) is 25.3 Å². The quantitative estimate of drug-likeness (QED) is 0.618. The Morgan fingerprint density at radius 3 is 2.89 bits per heavy atom. The zero-order chi connectivity index (χ0) is 13.8. The van der Waals surface area contributed by atoms with Gasteiger partial charge in [0.2, 0.25) is 0 Å². The summed E-state index contributed by atoms with van der Waals surface area (Å²) in [7, 11) is 1.63. The summed E-state index contributed by atoms with van der Waals surface area (Å²) in [6, 6.07) is 5.36. The molecule has 1 aromatic rings. The highest BCUT2D eigenvalue weighted by Gasteiger charge is 2.33. The lowest BCUT2D eigenvalue weighted by Crippen LogP contribution is -2.36. The van der Waals surface area contributed by atoms with Gasteiger partial charge in [0.25, 0.3) is 5.91 Å². The molecule has 6 heteroatoms. The summed E-state index contributed by atoms with van der Waals surface area (Å²) in [6.07, 6.45) is 2.09. The van der Waals surface area contributed by atoms with Gasteiger partial charge in [0.15, 0.2) is 0 Å². The lowest BCUT2D eigenvalue weighted by atomic mass is 10.1. The Balaban J connectivity index is 2.22. The van der Waals surface area contributed by atoms with Crippen molar-refractivity contribution in [1.82, 2.24) is 4.90 Å². The van der Waals surface area contributed by atoms with Crippen LogP contribution < -0.4 is 11.3 Å². The van der Waals surface area contributed by atoms with E-state index in [9.17, 15) is 4.79 Å². The van der Waals surface area contributed by atoms with Crippen LogP contribution in [0.4, 0.5) is 5.69 Å². The van der Waals surface area contributed by atoms with Gasteiger partial charge in [-0.3, -0.25) is 10.6 Å². The fourth-order valence-corrected chi connectivity index (χ4v) is 2.17. The molecule has 0 aromatic heterocycles. The molecule has 0 spiro atoms. The van der Waals surface area contributed by atoms with E-state index in [-0.39, 0.29) is 5.91 Å². The molecule has 1 aliphatic rings. The molecule has 0 unspecified atom stereocenters. The van der Waals surface area contributed by atoms with Crippen molar-refractivity contribution in [2.24, 2.45) is 5.84 Å². The normalized spacial score (nSPS) is 14.3. The van der Waals surface area contributed by atoms with E-state index < -0.39 is 0 Å². The van der Waals surface area contributed by atoms with Gasteiger partial charge in [-0.05, 0) is 31.0 Å². The summed E-state index contributed by atoms with van der Waals surface area (Å²) < 4.78 is 5.06. The van der Waals surface area contributed by atoms with Crippen molar-refractivity contribution >= 4 is 23.2 Å². The van der Waals surface area contributed by atoms with Crippen molar-refractivity contribution in [3.05, 3.63) is 28.8 Å². The number of hydrazine groups is 1. The van der Waals surface area contributed by atoms with E-state index in [2.05, 4.69) is 5.43 Å². The fourth-order valence-electron chi connectivity index (χ4n) is 2.00. The van der Waals surface area contributed by atoms with Gasteiger partial charge in [-0.2, -0.15) is 0 Å². The fraction of sp³-hybridized carbons (Fsp3) is 0.462. The maximum atomic E-state index is 12.6. The number of hydrogen-bond acceptors (Lipinski definition) is 4. The predicted octanol–water partition coefficient (Wildman–Crippen LogP) is 1.88. The molecule has 1 amide bonds. The van der Waals surface area contributed by atoms with Crippen LogP contribution >= 0.6 is 11.6 Å². The van der Waals surface area contributed by atoms with Crippen LogP contribution in [-0.2, 0) is 4.74 Å². The first-order chi connectivity index (χ1) is 9.17. The van der Waals surface area contributed by atoms with E-state index >= 15 is 0 Å². The second-order valence-corrected chi connectivity index (χ2v) is 4.99. The van der Waals surface area contributed by atoms with Gasteiger partial charge in [0.1, 0.15) is 0 Å². The molecule has 1 aromatic carbocycles. The molecule has 5 nitrogen and oxygen atoms in total. The number of hydrogen-bond donors (Lipinski definition) is 2. The van der Waals surface area contributed by atoms with E-state index in [0.29, 0.717) is 35.5 Å². The van der Waals surface area contributed by atoms with Gasteiger partial charge in [-0.25, -0.2) is 0 Å². The van der Waals surface area contributed by atoms with Crippen LogP contribution in [0.15, 0.2) is 18.2 Å². The van der Waals surface area contributed by atoms with Gasteiger partial charge in [0, 0.05) is 24.7 Å². The Labute approximate surface area is 117 Å². The lowest BCUT2D eigenvalue weighted by Gasteiger charge is -2.23. The van der Waals surface area contributed by atoms with Gasteiger partial charge in [-0.15, -0.1) is 0 Å². The minimum atomic E-state index is -0.0602. The van der Waals surface area contributed by atoms with Gasteiger partial charge in [-0.1, -0.05) is 11.6 Å². The summed E-state index contributed by atoms with van der Waals surface area (Å²) >= 11 is 5.96. The molecule has 1 saturated carbocycles. The molecule has 0 atom stereocenters. The summed E-state index contributed by atoms with van der Waals surface area (Å²) in [4.78, 5) is 14.4. The molecule has 0 heterocycles. The Hall–Kier alpha value is -1.30. The number of benzene rings is 1. The van der Waals surface area contributed by atoms with Gasteiger partial charge in [0.05, 0.1) is 17.9 Å². The summed E-state index contributed by atoms with van der Waals surface area (Å²) in [5.74, 6) is 5.38. The van der Waals surface area contributed by atoms with Crippen LogP contribution in [0, 0.1) is 0 Å². The number of amides is 1. The zero-order valence-electron chi connectivity index (χ0n) is 10.9. The molecule has 2 rings (SSSR count). The van der Waals surface area contributed by atoms with Crippen molar-refractivity contribution in [3.63, 3.8) is 0 Å². The number of nitrogens with two attached hydrogens (primary N) is 1. The number of rotatable bonds is 6. The number of anilines is 1. The lowest BCUT2D eigenvalue weighted by molar-refractivity contribution is 0.0681. The van der Waals surface area contributed by atoms with E-state index in [1.807, 2.05) is 4.90 Å². The molecule has 1 fully saturated rings. The van der Waals surface area contributed by atoms with Crippen LogP contribution in [0.5, 0.6) is 0 Å². The second kappa shape index (κ2) is 6.23. The number of carbonyl (C=O) groups is 1. The number of carbonyl (C=O) groups excluding carboxylic acids is 1. The van der Waals surface area contributed by atoms with Crippen LogP contribution in [0.1, 0.15) is 23.2 Å². The Morgan fingerprint density at radius 2 is 2.32 bits per heavy atom. The SMILES string of the molecule is COCCN(C(=O)c1cc(Cl)ccc1NN)C1CC1. The predicted molar refractivity (Wildman–Crippen MR) is 75.2 cm³/mol. The van der Waals surface area contributed by atoms with Crippen LogP contribution in [0.25, 0.3) is 0 Å².